The van der Waals surface area contributed by atoms with Gasteiger partial charge in [0.2, 0.25) is 0 Å². The maximum atomic E-state index is 11.8. The van der Waals surface area contributed by atoms with Crippen molar-refractivity contribution in [3.63, 3.8) is 0 Å². The van der Waals surface area contributed by atoms with Gasteiger partial charge in [0.25, 0.3) is 0 Å². The Bertz CT molecular complexity index is 546. The molecule has 108 valence electrons. The predicted molar refractivity (Wildman–Crippen MR) is 83.6 cm³/mol. The van der Waals surface area contributed by atoms with E-state index >= 15 is 0 Å². The maximum absolute atomic E-state index is 11.8. The minimum Gasteiger partial charge on any atom is -0.478 e. The van der Waals surface area contributed by atoms with Crippen LogP contribution in [0.1, 0.15) is 23.2 Å². The number of carbonyl (C=O) groups excluding carboxylic acids is 1. The summed E-state index contributed by atoms with van der Waals surface area (Å²) < 4.78 is 0.834. The standard InChI is InChI=1S/C13H15BrN2O3S/c1-20-13(4-5-13)7-15-12(19)16-10-6-8(11(17)18)2-3-9(10)14/h2-3,6H,4-5,7H2,1H3,(H,17,18)(H2,15,16,19). The van der Waals surface area contributed by atoms with Crippen LogP contribution in [-0.4, -0.2) is 34.7 Å². The van der Waals surface area contributed by atoms with Crippen molar-refractivity contribution >= 4 is 45.4 Å². The van der Waals surface area contributed by atoms with Gasteiger partial charge >= 0.3 is 12.0 Å². The normalized spacial score (nSPS) is 15.5. The van der Waals surface area contributed by atoms with Crippen molar-refractivity contribution < 1.29 is 14.7 Å². The molecule has 1 saturated carbocycles. The molecule has 3 N–H and O–H groups in total. The lowest BCUT2D eigenvalue weighted by Crippen LogP contribution is -2.35. The molecule has 0 unspecified atom stereocenters. The first-order chi connectivity index (χ1) is 9.46. The minimum atomic E-state index is -1.03. The second-order valence-electron chi connectivity index (χ2n) is 4.69. The number of hydrogen-bond acceptors (Lipinski definition) is 3. The van der Waals surface area contributed by atoms with E-state index in [1.165, 1.54) is 12.1 Å². The number of urea groups is 1. The average molecular weight is 359 g/mol. The molecule has 2 amide bonds. The van der Waals surface area contributed by atoms with Gasteiger partial charge in [-0.15, -0.1) is 0 Å². The lowest BCUT2D eigenvalue weighted by atomic mass is 10.2. The van der Waals surface area contributed by atoms with Gasteiger partial charge in [-0.2, -0.15) is 11.8 Å². The predicted octanol–water partition coefficient (Wildman–Crippen LogP) is 3.16. The van der Waals surface area contributed by atoms with E-state index in [0.717, 1.165) is 12.8 Å². The summed E-state index contributed by atoms with van der Waals surface area (Å²) in [6, 6.07) is 4.17. The van der Waals surface area contributed by atoms with Crippen molar-refractivity contribution in [1.29, 1.82) is 0 Å². The molecule has 0 spiro atoms. The lowest BCUT2D eigenvalue weighted by Gasteiger charge is -2.14. The lowest BCUT2D eigenvalue weighted by molar-refractivity contribution is 0.0697. The zero-order chi connectivity index (χ0) is 14.8. The Morgan fingerprint density at radius 1 is 1.45 bits per heavy atom. The number of anilines is 1. The highest BCUT2D eigenvalue weighted by Crippen LogP contribution is 2.46. The molecule has 1 aromatic rings. The molecule has 2 rings (SSSR count). The van der Waals surface area contributed by atoms with Gasteiger partial charge in [0.15, 0.2) is 0 Å². The van der Waals surface area contributed by atoms with Gasteiger partial charge in [-0.3, -0.25) is 0 Å². The van der Waals surface area contributed by atoms with E-state index in [-0.39, 0.29) is 16.3 Å². The zero-order valence-corrected chi connectivity index (χ0v) is 13.3. The molecule has 5 nitrogen and oxygen atoms in total. The Labute approximate surface area is 129 Å². The highest BCUT2D eigenvalue weighted by atomic mass is 79.9. The largest absolute Gasteiger partial charge is 0.478 e. The molecule has 0 aromatic heterocycles. The van der Waals surface area contributed by atoms with Crippen molar-refractivity contribution in [2.24, 2.45) is 0 Å². The molecular weight excluding hydrogens is 344 g/mol. The number of halogens is 1. The Balaban J connectivity index is 1.96. The summed E-state index contributed by atoms with van der Waals surface area (Å²) in [5.74, 6) is -1.03. The summed E-state index contributed by atoms with van der Waals surface area (Å²) >= 11 is 5.05. The van der Waals surface area contributed by atoms with Crippen LogP contribution in [0.2, 0.25) is 0 Å². The highest BCUT2D eigenvalue weighted by molar-refractivity contribution is 9.10. The van der Waals surface area contributed by atoms with Crippen molar-refractivity contribution in [3.05, 3.63) is 28.2 Å². The molecule has 0 atom stereocenters. The molecule has 7 heteroatoms. The summed E-state index contributed by atoms with van der Waals surface area (Å²) in [4.78, 5) is 22.7. The summed E-state index contributed by atoms with van der Waals surface area (Å²) in [6.45, 7) is 0.621. The van der Waals surface area contributed by atoms with Crippen molar-refractivity contribution in [1.82, 2.24) is 5.32 Å². The van der Waals surface area contributed by atoms with E-state index in [1.54, 1.807) is 17.8 Å². The number of hydrogen-bond donors (Lipinski definition) is 3. The van der Waals surface area contributed by atoms with Gasteiger partial charge in [0.1, 0.15) is 0 Å². The molecule has 0 heterocycles. The van der Waals surface area contributed by atoms with Crippen LogP contribution in [0.4, 0.5) is 10.5 Å². The number of thioether (sulfide) groups is 1. The quantitative estimate of drug-likeness (QED) is 0.755. The minimum absolute atomic E-state index is 0.131. The number of carboxylic acids is 1. The van der Waals surface area contributed by atoms with Gasteiger partial charge < -0.3 is 15.7 Å². The van der Waals surface area contributed by atoms with Crippen molar-refractivity contribution in [3.8, 4) is 0 Å². The third-order valence-electron chi connectivity index (χ3n) is 3.27. The Hall–Kier alpha value is -1.21. The third kappa shape index (κ3) is 3.67. The van der Waals surface area contributed by atoms with Crippen LogP contribution in [0.5, 0.6) is 0 Å². The second kappa shape index (κ2) is 6.05. The van der Waals surface area contributed by atoms with Gasteiger partial charge in [-0.1, -0.05) is 0 Å². The number of aromatic carboxylic acids is 1. The maximum Gasteiger partial charge on any atom is 0.335 e. The SMILES string of the molecule is CSC1(CNC(=O)Nc2cc(C(=O)O)ccc2Br)CC1. The van der Waals surface area contributed by atoms with Crippen LogP contribution >= 0.6 is 27.7 Å². The molecule has 1 aliphatic rings. The van der Waals surface area contributed by atoms with Crippen LogP contribution in [-0.2, 0) is 0 Å². The number of nitrogens with one attached hydrogen (secondary N) is 2. The number of carboxylic acid groups (broad SMARTS) is 1. The smallest absolute Gasteiger partial charge is 0.335 e. The fourth-order valence-electron chi connectivity index (χ4n) is 1.75. The fourth-order valence-corrected chi connectivity index (χ4v) is 2.83. The monoisotopic (exact) mass is 358 g/mol. The molecule has 1 aliphatic carbocycles. The van der Waals surface area contributed by atoms with E-state index in [1.807, 2.05) is 6.26 Å². The van der Waals surface area contributed by atoms with E-state index in [4.69, 9.17) is 5.11 Å². The molecular formula is C13H15BrN2O3S. The summed E-state index contributed by atoms with van der Waals surface area (Å²) in [6.07, 6.45) is 4.28. The zero-order valence-electron chi connectivity index (χ0n) is 10.9. The van der Waals surface area contributed by atoms with Crippen LogP contribution in [0, 0.1) is 0 Å². The van der Waals surface area contributed by atoms with Gasteiger partial charge in [-0.25, -0.2) is 9.59 Å². The molecule has 0 saturated heterocycles. The average Bonchev–Trinajstić information content (AvgIpc) is 3.19. The van der Waals surface area contributed by atoms with Crippen molar-refractivity contribution in [2.45, 2.75) is 17.6 Å². The van der Waals surface area contributed by atoms with Gasteiger partial charge in [0, 0.05) is 15.8 Å². The number of amides is 2. The summed E-state index contributed by atoms with van der Waals surface area (Å²) in [7, 11) is 0. The summed E-state index contributed by atoms with van der Waals surface area (Å²) in [5, 5.41) is 14.4. The fraction of sp³-hybridized carbons (Fsp3) is 0.385. The molecule has 20 heavy (non-hydrogen) atoms. The topological polar surface area (TPSA) is 78.4 Å². The Kier molecular flexibility index (Phi) is 4.59. The van der Waals surface area contributed by atoms with Crippen LogP contribution < -0.4 is 10.6 Å². The number of benzene rings is 1. The Morgan fingerprint density at radius 3 is 2.70 bits per heavy atom. The van der Waals surface area contributed by atoms with Gasteiger partial charge in [-0.05, 0) is 53.2 Å². The van der Waals surface area contributed by atoms with E-state index in [2.05, 4.69) is 26.6 Å². The molecule has 0 bridgehead atoms. The van der Waals surface area contributed by atoms with Gasteiger partial charge in [0.05, 0.1) is 11.3 Å². The molecule has 0 aliphatic heterocycles. The number of rotatable bonds is 5. The third-order valence-corrected chi connectivity index (χ3v) is 5.38. The highest BCUT2D eigenvalue weighted by Gasteiger charge is 2.41. The molecule has 0 radical (unpaired) electrons. The number of carbonyl (C=O) groups is 2. The second-order valence-corrected chi connectivity index (χ2v) is 6.82. The van der Waals surface area contributed by atoms with E-state index < -0.39 is 5.97 Å². The van der Waals surface area contributed by atoms with Crippen LogP contribution in [0.25, 0.3) is 0 Å². The first kappa shape index (κ1) is 15.2. The van der Waals surface area contributed by atoms with E-state index in [9.17, 15) is 9.59 Å². The van der Waals surface area contributed by atoms with Crippen LogP contribution in [0.3, 0.4) is 0 Å². The van der Waals surface area contributed by atoms with E-state index in [0.29, 0.717) is 16.7 Å². The molecule has 1 aromatic carbocycles. The Morgan fingerprint density at radius 2 is 2.15 bits per heavy atom. The first-order valence-electron chi connectivity index (χ1n) is 6.09. The molecule has 1 fully saturated rings. The first-order valence-corrected chi connectivity index (χ1v) is 8.10. The van der Waals surface area contributed by atoms with Crippen molar-refractivity contribution in [2.75, 3.05) is 18.1 Å². The van der Waals surface area contributed by atoms with Crippen LogP contribution in [0.15, 0.2) is 22.7 Å². The summed E-state index contributed by atoms with van der Waals surface area (Å²) in [5.41, 5.74) is 0.572.